The lowest BCUT2D eigenvalue weighted by Gasteiger charge is -2.27. The fourth-order valence-electron chi connectivity index (χ4n) is 6.21. The Hall–Kier alpha value is -4.10. The van der Waals surface area contributed by atoms with E-state index in [2.05, 4.69) is 19.9 Å². The van der Waals surface area contributed by atoms with E-state index in [-0.39, 0.29) is 24.7 Å². The van der Waals surface area contributed by atoms with Crippen molar-refractivity contribution in [2.45, 2.75) is 63.6 Å². The molecule has 4 aromatic rings. The molecule has 0 bridgehead atoms. The summed E-state index contributed by atoms with van der Waals surface area (Å²) in [7, 11) is 4.75. The molecule has 1 aliphatic heterocycles. The van der Waals surface area contributed by atoms with Crippen LogP contribution in [0, 0.1) is 6.92 Å². The second kappa shape index (κ2) is 11.6. The molecule has 3 aromatic heterocycles. The molecule has 224 valence electrons. The van der Waals surface area contributed by atoms with Gasteiger partial charge < -0.3 is 39.8 Å². The highest BCUT2D eigenvalue weighted by Crippen LogP contribution is 2.40. The van der Waals surface area contributed by atoms with Crippen LogP contribution in [-0.4, -0.2) is 81.0 Å². The highest BCUT2D eigenvalue weighted by atomic mass is 16.5. The number of aliphatic hydroxyl groups excluding tert-OH is 1. The van der Waals surface area contributed by atoms with Crippen LogP contribution in [0.2, 0.25) is 0 Å². The van der Waals surface area contributed by atoms with Gasteiger partial charge in [-0.25, -0.2) is 9.67 Å². The largest absolute Gasteiger partial charge is 0.493 e. The second-order valence-electron chi connectivity index (χ2n) is 11.0. The minimum Gasteiger partial charge on any atom is -0.493 e. The van der Waals surface area contributed by atoms with Gasteiger partial charge in [-0.3, -0.25) is 0 Å². The van der Waals surface area contributed by atoms with Crippen molar-refractivity contribution >= 4 is 28.6 Å². The fourth-order valence-corrected chi connectivity index (χ4v) is 6.21. The number of imidazole rings is 1. The molecule has 4 heterocycles. The molecule has 1 unspecified atom stereocenters. The van der Waals surface area contributed by atoms with Gasteiger partial charge in [-0.05, 0) is 45.4 Å². The van der Waals surface area contributed by atoms with E-state index in [9.17, 15) is 5.11 Å². The van der Waals surface area contributed by atoms with E-state index in [4.69, 9.17) is 35.0 Å². The summed E-state index contributed by atoms with van der Waals surface area (Å²) in [6, 6.07) is 4.18. The number of aryl methyl sites for hydroxylation is 1. The summed E-state index contributed by atoms with van der Waals surface area (Å²) in [5, 5.41) is 19.3. The first-order chi connectivity index (χ1) is 20.4. The molecular formula is C29H39N9O4. The minimum atomic E-state index is 0.00520. The Labute approximate surface area is 244 Å². The molecule has 42 heavy (non-hydrogen) atoms. The van der Waals surface area contributed by atoms with E-state index < -0.39 is 0 Å². The third-order valence-corrected chi connectivity index (χ3v) is 8.42. The van der Waals surface area contributed by atoms with Crippen molar-refractivity contribution in [2.75, 3.05) is 44.7 Å². The van der Waals surface area contributed by atoms with E-state index in [1.54, 1.807) is 27.7 Å². The lowest BCUT2D eigenvalue weighted by atomic mass is 9.92. The molecule has 13 nitrogen and oxygen atoms in total. The zero-order chi connectivity index (χ0) is 29.4. The average Bonchev–Trinajstić information content (AvgIpc) is 3.75. The molecule has 0 spiro atoms. The topological polar surface area (TPSA) is 151 Å². The van der Waals surface area contributed by atoms with Gasteiger partial charge in [-0.15, -0.1) is 0 Å². The SMILES string of the molecule is COc1cc(-n2cnc(Nc3nc(N4CCCC4CO)c4c(C)nn(C5CCC(N)CC5)c4n3)c2)cc(OC)c1OC. The molecule has 1 aromatic carbocycles. The van der Waals surface area contributed by atoms with Crippen LogP contribution in [-0.2, 0) is 0 Å². The summed E-state index contributed by atoms with van der Waals surface area (Å²) in [5.74, 6) is 3.39. The van der Waals surface area contributed by atoms with Gasteiger partial charge in [0.25, 0.3) is 0 Å². The lowest BCUT2D eigenvalue weighted by Crippen LogP contribution is -2.33. The lowest BCUT2D eigenvalue weighted by molar-refractivity contribution is 0.266. The van der Waals surface area contributed by atoms with E-state index in [1.165, 1.54) is 0 Å². The van der Waals surface area contributed by atoms with E-state index in [0.29, 0.717) is 29.0 Å². The molecule has 1 aliphatic carbocycles. The van der Waals surface area contributed by atoms with Crippen LogP contribution >= 0.6 is 0 Å². The number of aliphatic hydroxyl groups is 1. The van der Waals surface area contributed by atoms with Crippen molar-refractivity contribution in [3.63, 3.8) is 0 Å². The molecule has 2 fully saturated rings. The summed E-state index contributed by atoms with van der Waals surface area (Å²) in [6.07, 6.45) is 9.31. The Kier molecular flexibility index (Phi) is 7.78. The number of anilines is 3. The Bertz CT molecular complexity index is 1540. The number of nitrogens with zero attached hydrogens (tertiary/aromatic N) is 7. The molecular weight excluding hydrogens is 538 g/mol. The summed E-state index contributed by atoms with van der Waals surface area (Å²) >= 11 is 0. The Morgan fingerprint density at radius 1 is 1.02 bits per heavy atom. The number of aromatic nitrogens is 6. The van der Waals surface area contributed by atoms with Crippen molar-refractivity contribution in [2.24, 2.45) is 5.73 Å². The van der Waals surface area contributed by atoms with Crippen molar-refractivity contribution in [1.29, 1.82) is 0 Å². The Balaban J connectivity index is 1.39. The van der Waals surface area contributed by atoms with Crippen LogP contribution in [0.25, 0.3) is 16.7 Å². The number of methoxy groups -OCH3 is 3. The van der Waals surface area contributed by atoms with Gasteiger partial charge in [-0.2, -0.15) is 15.1 Å². The predicted molar refractivity (Wildman–Crippen MR) is 159 cm³/mol. The van der Waals surface area contributed by atoms with E-state index >= 15 is 0 Å². The molecule has 0 radical (unpaired) electrons. The Morgan fingerprint density at radius 3 is 2.43 bits per heavy atom. The number of hydrogen-bond donors (Lipinski definition) is 3. The molecule has 4 N–H and O–H groups in total. The zero-order valence-electron chi connectivity index (χ0n) is 24.6. The zero-order valence-corrected chi connectivity index (χ0v) is 24.6. The van der Waals surface area contributed by atoms with Gasteiger partial charge in [0, 0.05) is 24.7 Å². The van der Waals surface area contributed by atoms with Gasteiger partial charge >= 0.3 is 0 Å². The summed E-state index contributed by atoms with van der Waals surface area (Å²) in [5.41, 5.74) is 8.66. The third-order valence-electron chi connectivity index (χ3n) is 8.42. The van der Waals surface area contributed by atoms with Crippen LogP contribution in [0.1, 0.15) is 50.3 Å². The summed E-state index contributed by atoms with van der Waals surface area (Å²) in [4.78, 5) is 16.7. The average molecular weight is 578 g/mol. The van der Waals surface area contributed by atoms with Crippen molar-refractivity contribution in [3.8, 4) is 22.9 Å². The Morgan fingerprint density at radius 2 is 1.76 bits per heavy atom. The number of nitrogens with two attached hydrogens (primary N) is 1. The quantitative estimate of drug-likeness (QED) is 0.268. The maximum Gasteiger partial charge on any atom is 0.232 e. The van der Waals surface area contributed by atoms with Crippen LogP contribution in [0.4, 0.5) is 17.6 Å². The van der Waals surface area contributed by atoms with Crippen molar-refractivity contribution in [1.82, 2.24) is 29.3 Å². The van der Waals surface area contributed by atoms with E-state index in [0.717, 1.165) is 73.3 Å². The maximum atomic E-state index is 10.1. The standard InChI is InChI=1S/C29H39N9O4/c1-17-25-27(37-11-5-6-20(37)15-39)33-29(34-28(25)38(35-17)19-9-7-18(30)8-10-19)32-24-14-36(16-31-24)21-12-22(40-2)26(42-4)23(13-21)41-3/h12-14,16,18-20,39H,5-11,15,30H2,1-4H3,(H,32,33,34). The third kappa shape index (κ3) is 5.07. The molecule has 1 saturated heterocycles. The van der Waals surface area contributed by atoms with Gasteiger partial charge in [0.05, 0.1) is 63.0 Å². The van der Waals surface area contributed by atoms with Gasteiger partial charge in [-0.1, -0.05) is 0 Å². The molecule has 2 aliphatic rings. The number of hydrogen-bond acceptors (Lipinski definition) is 11. The van der Waals surface area contributed by atoms with Crippen molar-refractivity contribution in [3.05, 3.63) is 30.4 Å². The minimum absolute atomic E-state index is 0.00520. The number of ether oxygens (including phenoxy) is 3. The second-order valence-corrected chi connectivity index (χ2v) is 11.0. The maximum absolute atomic E-state index is 10.1. The molecule has 6 rings (SSSR count). The van der Waals surface area contributed by atoms with E-state index in [1.807, 2.05) is 29.8 Å². The van der Waals surface area contributed by atoms with Crippen LogP contribution in [0.3, 0.4) is 0 Å². The number of fused-ring (bicyclic) bond motifs is 1. The number of rotatable bonds is 9. The first-order valence-corrected chi connectivity index (χ1v) is 14.4. The molecule has 1 saturated carbocycles. The summed E-state index contributed by atoms with van der Waals surface area (Å²) in [6.45, 7) is 2.90. The van der Waals surface area contributed by atoms with Crippen LogP contribution in [0.15, 0.2) is 24.7 Å². The smallest absolute Gasteiger partial charge is 0.232 e. The van der Waals surface area contributed by atoms with Crippen LogP contribution in [0.5, 0.6) is 17.2 Å². The molecule has 13 heteroatoms. The first kappa shape index (κ1) is 28.0. The summed E-state index contributed by atoms with van der Waals surface area (Å²) < 4.78 is 20.4. The van der Waals surface area contributed by atoms with Gasteiger partial charge in [0.1, 0.15) is 12.1 Å². The first-order valence-electron chi connectivity index (χ1n) is 14.4. The highest BCUT2D eigenvalue weighted by Gasteiger charge is 2.31. The van der Waals surface area contributed by atoms with Gasteiger partial charge in [0.15, 0.2) is 23.0 Å². The normalized spacial score (nSPS) is 20.7. The highest BCUT2D eigenvalue weighted by molar-refractivity contribution is 5.91. The van der Waals surface area contributed by atoms with Crippen molar-refractivity contribution < 1.29 is 19.3 Å². The fraction of sp³-hybridized carbons (Fsp3) is 0.517. The molecule has 0 amide bonds. The predicted octanol–water partition coefficient (Wildman–Crippen LogP) is 3.49. The van der Waals surface area contributed by atoms with Gasteiger partial charge in [0.2, 0.25) is 11.7 Å². The monoisotopic (exact) mass is 577 g/mol. The van der Waals surface area contributed by atoms with Crippen LogP contribution < -0.4 is 30.2 Å². The number of nitrogens with one attached hydrogen (secondary N) is 1. The number of benzene rings is 1. The molecule has 1 atom stereocenters.